The summed E-state index contributed by atoms with van der Waals surface area (Å²) in [6, 6.07) is 5.11. The van der Waals surface area contributed by atoms with Crippen molar-refractivity contribution in [2.45, 2.75) is 38.1 Å². The van der Waals surface area contributed by atoms with E-state index in [1.807, 2.05) is 0 Å². The number of fused-ring (bicyclic) bond motifs is 1. The van der Waals surface area contributed by atoms with Gasteiger partial charge in [0.2, 0.25) is 0 Å². The molecule has 1 aliphatic carbocycles. The Morgan fingerprint density at radius 1 is 1.28 bits per heavy atom. The van der Waals surface area contributed by atoms with Crippen molar-refractivity contribution < 1.29 is 5.11 Å². The van der Waals surface area contributed by atoms with Gasteiger partial charge in [0, 0.05) is 18.3 Å². The molecule has 0 unspecified atom stereocenters. The van der Waals surface area contributed by atoms with Gasteiger partial charge in [0.05, 0.1) is 5.39 Å². The van der Waals surface area contributed by atoms with Gasteiger partial charge < -0.3 is 5.11 Å². The SMILES string of the molecule is O=c1cc(O)c2cccnc2n1C1CCCCC1. The minimum absolute atomic E-state index is 0.0233. The van der Waals surface area contributed by atoms with Crippen molar-refractivity contribution in [3.8, 4) is 5.75 Å². The lowest BCUT2D eigenvalue weighted by atomic mass is 9.95. The molecule has 0 atom stereocenters. The average Bonchev–Trinajstić information content (AvgIpc) is 2.40. The summed E-state index contributed by atoms with van der Waals surface area (Å²) in [7, 11) is 0. The quantitative estimate of drug-likeness (QED) is 0.839. The van der Waals surface area contributed by atoms with Crippen LogP contribution in [0.2, 0.25) is 0 Å². The second kappa shape index (κ2) is 4.44. The summed E-state index contributed by atoms with van der Waals surface area (Å²) in [5, 5.41) is 10.5. The highest BCUT2D eigenvalue weighted by Crippen LogP contribution is 2.30. The zero-order chi connectivity index (χ0) is 12.5. The highest BCUT2D eigenvalue weighted by Gasteiger charge is 2.19. The van der Waals surface area contributed by atoms with Crippen molar-refractivity contribution in [2.24, 2.45) is 0 Å². The van der Waals surface area contributed by atoms with Crippen molar-refractivity contribution in [2.75, 3.05) is 0 Å². The Labute approximate surface area is 105 Å². The van der Waals surface area contributed by atoms with Crippen LogP contribution < -0.4 is 5.56 Å². The topological polar surface area (TPSA) is 55.1 Å². The minimum Gasteiger partial charge on any atom is -0.507 e. The zero-order valence-electron chi connectivity index (χ0n) is 10.2. The largest absolute Gasteiger partial charge is 0.507 e. The molecule has 18 heavy (non-hydrogen) atoms. The fourth-order valence-electron chi connectivity index (χ4n) is 2.85. The molecule has 2 aromatic rings. The van der Waals surface area contributed by atoms with E-state index in [1.54, 1.807) is 22.9 Å². The van der Waals surface area contributed by atoms with Crippen molar-refractivity contribution in [1.82, 2.24) is 9.55 Å². The van der Waals surface area contributed by atoms with Gasteiger partial charge in [0.15, 0.2) is 0 Å². The molecule has 0 amide bonds. The standard InChI is InChI=1S/C14H16N2O2/c17-12-9-13(18)16(10-5-2-1-3-6-10)14-11(12)7-4-8-15-14/h4,7-10,17H,1-3,5-6H2. The molecule has 0 spiro atoms. The third kappa shape index (κ3) is 1.78. The molecule has 0 aliphatic heterocycles. The molecule has 1 N–H and O–H groups in total. The van der Waals surface area contributed by atoms with E-state index in [0.29, 0.717) is 11.0 Å². The van der Waals surface area contributed by atoms with Crippen LogP contribution in [0.4, 0.5) is 0 Å². The highest BCUT2D eigenvalue weighted by molar-refractivity contribution is 5.81. The highest BCUT2D eigenvalue weighted by atomic mass is 16.3. The Bertz CT molecular complexity index is 627. The van der Waals surface area contributed by atoms with Crippen molar-refractivity contribution in [3.05, 3.63) is 34.7 Å². The second-order valence-corrected chi connectivity index (χ2v) is 4.90. The first kappa shape index (κ1) is 11.3. The monoisotopic (exact) mass is 244 g/mol. The van der Waals surface area contributed by atoms with Crippen LogP contribution in [0, 0.1) is 0 Å². The first-order valence-corrected chi connectivity index (χ1v) is 6.46. The van der Waals surface area contributed by atoms with E-state index in [-0.39, 0.29) is 17.4 Å². The van der Waals surface area contributed by atoms with Gasteiger partial charge in [-0.05, 0) is 25.0 Å². The van der Waals surface area contributed by atoms with Gasteiger partial charge in [-0.15, -0.1) is 0 Å². The molecule has 3 rings (SSSR count). The van der Waals surface area contributed by atoms with Gasteiger partial charge in [-0.2, -0.15) is 0 Å². The lowest BCUT2D eigenvalue weighted by molar-refractivity contribution is 0.351. The van der Waals surface area contributed by atoms with E-state index < -0.39 is 0 Å². The van der Waals surface area contributed by atoms with E-state index in [2.05, 4.69) is 4.98 Å². The Kier molecular flexibility index (Phi) is 2.78. The molecule has 94 valence electrons. The van der Waals surface area contributed by atoms with E-state index in [1.165, 1.54) is 12.5 Å². The summed E-state index contributed by atoms with van der Waals surface area (Å²) >= 11 is 0. The summed E-state index contributed by atoms with van der Waals surface area (Å²) in [4.78, 5) is 16.4. The molecule has 4 heteroatoms. The third-order valence-corrected chi connectivity index (χ3v) is 3.73. The van der Waals surface area contributed by atoms with Crippen LogP contribution in [0.3, 0.4) is 0 Å². The summed E-state index contributed by atoms with van der Waals surface area (Å²) in [5.41, 5.74) is 0.458. The molecule has 0 saturated heterocycles. The summed E-state index contributed by atoms with van der Waals surface area (Å²) in [6.45, 7) is 0. The molecule has 0 bridgehead atoms. The van der Waals surface area contributed by atoms with Crippen LogP contribution in [0.25, 0.3) is 11.0 Å². The predicted octanol–water partition coefficient (Wildman–Crippen LogP) is 2.61. The van der Waals surface area contributed by atoms with Crippen LogP contribution in [0.5, 0.6) is 5.75 Å². The maximum atomic E-state index is 12.1. The molecule has 1 fully saturated rings. The lowest BCUT2D eigenvalue weighted by Crippen LogP contribution is -2.26. The summed E-state index contributed by atoms with van der Waals surface area (Å²) in [5.74, 6) is 0.0233. The maximum Gasteiger partial charge on any atom is 0.256 e. The number of pyridine rings is 2. The number of aromatic nitrogens is 2. The molecule has 2 aromatic heterocycles. The van der Waals surface area contributed by atoms with Crippen molar-refractivity contribution in [3.63, 3.8) is 0 Å². The zero-order valence-corrected chi connectivity index (χ0v) is 10.2. The van der Waals surface area contributed by atoms with Gasteiger partial charge in [-0.25, -0.2) is 4.98 Å². The molecular formula is C14H16N2O2. The number of hydrogen-bond donors (Lipinski definition) is 1. The minimum atomic E-state index is -0.148. The molecule has 1 aliphatic rings. The smallest absolute Gasteiger partial charge is 0.256 e. The van der Waals surface area contributed by atoms with E-state index in [9.17, 15) is 9.90 Å². The van der Waals surface area contributed by atoms with Gasteiger partial charge in [0.1, 0.15) is 11.4 Å². The Morgan fingerprint density at radius 3 is 2.83 bits per heavy atom. The number of aromatic hydroxyl groups is 1. The second-order valence-electron chi connectivity index (χ2n) is 4.90. The lowest BCUT2D eigenvalue weighted by Gasteiger charge is -2.25. The van der Waals surface area contributed by atoms with Gasteiger partial charge in [-0.1, -0.05) is 19.3 Å². The molecule has 4 nitrogen and oxygen atoms in total. The first-order valence-electron chi connectivity index (χ1n) is 6.46. The molecule has 2 heterocycles. The summed E-state index contributed by atoms with van der Waals surface area (Å²) < 4.78 is 1.76. The fraction of sp³-hybridized carbons (Fsp3) is 0.429. The van der Waals surface area contributed by atoms with E-state index in [0.717, 1.165) is 25.7 Å². The number of hydrogen-bond acceptors (Lipinski definition) is 3. The van der Waals surface area contributed by atoms with Crippen LogP contribution in [-0.4, -0.2) is 14.7 Å². The third-order valence-electron chi connectivity index (χ3n) is 3.73. The summed E-state index contributed by atoms with van der Waals surface area (Å²) in [6.07, 6.45) is 7.28. The Hall–Kier alpha value is -1.84. The van der Waals surface area contributed by atoms with Crippen LogP contribution in [0.15, 0.2) is 29.2 Å². The molecule has 1 saturated carbocycles. The first-order chi connectivity index (χ1) is 8.77. The van der Waals surface area contributed by atoms with Gasteiger partial charge in [-0.3, -0.25) is 9.36 Å². The Balaban J connectivity index is 2.24. The fourth-order valence-corrected chi connectivity index (χ4v) is 2.85. The van der Waals surface area contributed by atoms with Crippen LogP contribution >= 0.6 is 0 Å². The average molecular weight is 244 g/mol. The normalized spacial score (nSPS) is 17.1. The van der Waals surface area contributed by atoms with Crippen molar-refractivity contribution in [1.29, 1.82) is 0 Å². The molecule has 0 aromatic carbocycles. The van der Waals surface area contributed by atoms with Gasteiger partial charge >= 0.3 is 0 Å². The van der Waals surface area contributed by atoms with Crippen LogP contribution in [-0.2, 0) is 0 Å². The molecular weight excluding hydrogens is 228 g/mol. The Morgan fingerprint density at radius 2 is 2.06 bits per heavy atom. The number of rotatable bonds is 1. The van der Waals surface area contributed by atoms with Crippen LogP contribution in [0.1, 0.15) is 38.1 Å². The predicted molar refractivity (Wildman–Crippen MR) is 69.8 cm³/mol. The maximum absolute atomic E-state index is 12.1. The number of nitrogens with zero attached hydrogens (tertiary/aromatic N) is 2. The van der Waals surface area contributed by atoms with E-state index >= 15 is 0 Å². The van der Waals surface area contributed by atoms with Crippen molar-refractivity contribution >= 4 is 11.0 Å². The van der Waals surface area contributed by atoms with E-state index in [4.69, 9.17) is 0 Å². The van der Waals surface area contributed by atoms with Gasteiger partial charge in [0.25, 0.3) is 5.56 Å². The molecule has 0 radical (unpaired) electrons.